The number of nitrogens with zero attached hydrogens (tertiary/aromatic N) is 3. The van der Waals surface area contributed by atoms with Crippen molar-refractivity contribution in [3.8, 4) is 0 Å². The smallest absolute Gasteiger partial charge is 0.216 e. The Morgan fingerprint density at radius 2 is 2.15 bits per heavy atom. The molecule has 1 aromatic carbocycles. The molecule has 1 unspecified atom stereocenters. The molecule has 0 saturated carbocycles. The zero-order valence-electron chi connectivity index (χ0n) is 10.9. The fourth-order valence-electron chi connectivity index (χ4n) is 1.78. The molecule has 0 radical (unpaired) electrons. The van der Waals surface area contributed by atoms with Crippen molar-refractivity contribution < 1.29 is 8.42 Å². The van der Waals surface area contributed by atoms with E-state index in [0.717, 1.165) is 5.56 Å². The first kappa shape index (κ1) is 14.6. The van der Waals surface area contributed by atoms with Crippen LogP contribution in [0.2, 0.25) is 0 Å². The average molecular weight is 296 g/mol. The van der Waals surface area contributed by atoms with Gasteiger partial charge in [0.1, 0.15) is 0 Å². The van der Waals surface area contributed by atoms with E-state index in [1.54, 1.807) is 25.1 Å². The number of benzene rings is 1. The predicted octanol–water partition coefficient (Wildman–Crippen LogP) is -0.161. The van der Waals surface area contributed by atoms with Crippen LogP contribution < -0.4 is 10.5 Å². The van der Waals surface area contributed by atoms with Gasteiger partial charge in [0.05, 0.1) is 11.8 Å². The largest absolute Gasteiger partial charge is 0.326 e. The van der Waals surface area contributed by atoms with Gasteiger partial charge in [0.2, 0.25) is 10.0 Å². The molecule has 0 saturated heterocycles. The lowest BCUT2D eigenvalue weighted by molar-refractivity contribution is 0.559. The molecule has 8 nitrogen and oxygen atoms in total. The van der Waals surface area contributed by atoms with Crippen molar-refractivity contribution in [1.82, 2.24) is 25.3 Å². The van der Waals surface area contributed by atoms with E-state index in [0.29, 0.717) is 17.9 Å². The minimum Gasteiger partial charge on any atom is -0.326 e. The molecule has 0 bridgehead atoms. The van der Waals surface area contributed by atoms with Crippen molar-refractivity contribution in [3.05, 3.63) is 41.2 Å². The molecule has 4 N–H and O–H groups in total. The van der Waals surface area contributed by atoms with Crippen LogP contribution in [0.15, 0.2) is 24.3 Å². The van der Waals surface area contributed by atoms with E-state index in [9.17, 15) is 8.42 Å². The van der Waals surface area contributed by atoms with Crippen LogP contribution in [0.3, 0.4) is 0 Å². The normalized spacial score (nSPS) is 13.3. The van der Waals surface area contributed by atoms with Crippen molar-refractivity contribution in [2.45, 2.75) is 25.3 Å². The van der Waals surface area contributed by atoms with Crippen molar-refractivity contribution in [3.63, 3.8) is 0 Å². The van der Waals surface area contributed by atoms with Crippen LogP contribution in [-0.2, 0) is 22.3 Å². The Hall–Kier alpha value is -1.84. The molecule has 20 heavy (non-hydrogen) atoms. The molecule has 1 heterocycles. The maximum Gasteiger partial charge on any atom is 0.216 e. The Morgan fingerprint density at radius 1 is 1.40 bits per heavy atom. The fraction of sp³-hybridized carbons (Fsp3) is 0.364. The minimum atomic E-state index is -3.50. The van der Waals surface area contributed by atoms with Crippen LogP contribution in [0.25, 0.3) is 0 Å². The molecule has 0 aliphatic rings. The Balaban J connectivity index is 2.07. The number of aromatic amines is 1. The average Bonchev–Trinajstić information content (AvgIpc) is 2.91. The van der Waals surface area contributed by atoms with Gasteiger partial charge in [0, 0.05) is 6.54 Å². The molecule has 0 fully saturated rings. The summed E-state index contributed by atoms with van der Waals surface area (Å²) >= 11 is 0. The Labute approximate surface area is 116 Å². The van der Waals surface area contributed by atoms with Crippen LogP contribution >= 0.6 is 0 Å². The maximum absolute atomic E-state index is 12.1. The van der Waals surface area contributed by atoms with Gasteiger partial charge in [-0.2, -0.15) is 5.21 Å². The van der Waals surface area contributed by atoms with Crippen molar-refractivity contribution in [2.24, 2.45) is 5.73 Å². The number of aromatic nitrogens is 4. The van der Waals surface area contributed by atoms with E-state index < -0.39 is 16.1 Å². The van der Waals surface area contributed by atoms with Gasteiger partial charge >= 0.3 is 0 Å². The summed E-state index contributed by atoms with van der Waals surface area (Å²) in [6, 6.07) is 6.62. The van der Waals surface area contributed by atoms with E-state index in [4.69, 9.17) is 5.73 Å². The summed E-state index contributed by atoms with van der Waals surface area (Å²) in [6.07, 6.45) is 0. The third kappa shape index (κ3) is 3.83. The molecule has 0 spiro atoms. The van der Waals surface area contributed by atoms with Gasteiger partial charge in [-0.3, -0.25) is 0 Å². The van der Waals surface area contributed by atoms with E-state index >= 15 is 0 Å². The van der Waals surface area contributed by atoms with Crippen LogP contribution in [-0.4, -0.2) is 29.0 Å². The SMILES string of the molecule is CC(NS(=O)(=O)Cc1cccc(CN)c1)c1nn[nH]n1. The van der Waals surface area contributed by atoms with E-state index in [1.165, 1.54) is 0 Å². The quantitative estimate of drug-likeness (QED) is 0.679. The van der Waals surface area contributed by atoms with Gasteiger partial charge in [-0.05, 0) is 18.1 Å². The molecule has 108 valence electrons. The van der Waals surface area contributed by atoms with Crippen LogP contribution in [0.4, 0.5) is 0 Å². The number of sulfonamides is 1. The lowest BCUT2D eigenvalue weighted by Crippen LogP contribution is -2.28. The van der Waals surface area contributed by atoms with E-state index in [2.05, 4.69) is 25.3 Å². The summed E-state index contributed by atoms with van der Waals surface area (Å²) < 4.78 is 26.7. The summed E-state index contributed by atoms with van der Waals surface area (Å²) in [5.74, 6) is 0.174. The summed E-state index contributed by atoms with van der Waals surface area (Å²) in [5, 5.41) is 13.2. The molecule has 1 atom stereocenters. The second-order valence-electron chi connectivity index (χ2n) is 4.39. The molecule has 0 aliphatic carbocycles. The highest BCUT2D eigenvalue weighted by Crippen LogP contribution is 2.11. The standard InChI is InChI=1S/C11H16N6O2S/c1-8(11-13-16-17-14-11)15-20(18,19)7-10-4-2-3-9(5-10)6-12/h2-5,8,15H,6-7,12H2,1H3,(H,13,14,16,17). The number of rotatable bonds is 6. The number of tetrazole rings is 1. The molecule has 0 amide bonds. The number of hydrogen-bond acceptors (Lipinski definition) is 6. The summed E-state index contributed by atoms with van der Waals surface area (Å²) in [7, 11) is -3.50. The number of nitrogens with one attached hydrogen (secondary N) is 2. The molecule has 2 aromatic rings. The highest BCUT2D eigenvalue weighted by atomic mass is 32.2. The molecular formula is C11H16N6O2S. The van der Waals surface area contributed by atoms with E-state index in [1.807, 2.05) is 6.07 Å². The Bertz CT molecular complexity index is 655. The first-order valence-corrected chi connectivity index (χ1v) is 7.66. The summed E-state index contributed by atoms with van der Waals surface area (Å²) in [4.78, 5) is 0. The molecule has 0 aliphatic heterocycles. The highest BCUT2D eigenvalue weighted by Gasteiger charge is 2.19. The topological polar surface area (TPSA) is 127 Å². The van der Waals surface area contributed by atoms with Crippen LogP contribution in [0.1, 0.15) is 29.9 Å². The third-order valence-corrected chi connectivity index (χ3v) is 4.12. The van der Waals surface area contributed by atoms with Crippen molar-refractivity contribution in [1.29, 1.82) is 0 Å². The molecule has 2 rings (SSSR count). The number of hydrogen-bond donors (Lipinski definition) is 3. The highest BCUT2D eigenvalue weighted by molar-refractivity contribution is 7.88. The van der Waals surface area contributed by atoms with Gasteiger partial charge in [-0.15, -0.1) is 10.2 Å². The second kappa shape index (κ2) is 6.07. The monoisotopic (exact) mass is 296 g/mol. The molecular weight excluding hydrogens is 280 g/mol. The predicted molar refractivity (Wildman–Crippen MR) is 72.7 cm³/mol. The first-order chi connectivity index (χ1) is 9.50. The van der Waals surface area contributed by atoms with Gasteiger partial charge < -0.3 is 5.73 Å². The zero-order valence-corrected chi connectivity index (χ0v) is 11.8. The van der Waals surface area contributed by atoms with Crippen LogP contribution in [0, 0.1) is 0 Å². The molecule has 1 aromatic heterocycles. The zero-order chi connectivity index (χ0) is 14.6. The van der Waals surface area contributed by atoms with Gasteiger partial charge in [0.15, 0.2) is 5.82 Å². The number of H-pyrrole nitrogens is 1. The Morgan fingerprint density at radius 3 is 2.80 bits per heavy atom. The van der Waals surface area contributed by atoms with Crippen LogP contribution in [0.5, 0.6) is 0 Å². The lowest BCUT2D eigenvalue weighted by atomic mass is 10.1. The third-order valence-electron chi connectivity index (χ3n) is 2.69. The fourth-order valence-corrected chi connectivity index (χ4v) is 3.13. The Kier molecular flexibility index (Phi) is 4.42. The summed E-state index contributed by atoms with van der Waals surface area (Å²) in [6.45, 7) is 2.03. The van der Waals surface area contributed by atoms with E-state index in [-0.39, 0.29) is 5.75 Å². The first-order valence-electron chi connectivity index (χ1n) is 6.01. The summed E-state index contributed by atoms with van der Waals surface area (Å²) in [5.41, 5.74) is 7.11. The van der Waals surface area contributed by atoms with Crippen molar-refractivity contribution in [2.75, 3.05) is 0 Å². The van der Waals surface area contributed by atoms with Gasteiger partial charge in [0.25, 0.3) is 0 Å². The van der Waals surface area contributed by atoms with Gasteiger partial charge in [-0.25, -0.2) is 13.1 Å². The lowest BCUT2D eigenvalue weighted by Gasteiger charge is -2.11. The number of nitrogens with two attached hydrogens (primary N) is 1. The minimum absolute atomic E-state index is 0.122. The van der Waals surface area contributed by atoms with Gasteiger partial charge in [-0.1, -0.05) is 29.5 Å². The maximum atomic E-state index is 12.1. The second-order valence-corrected chi connectivity index (χ2v) is 6.15. The van der Waals surface area contributed by atoms with Crippen molar-refractivity contribution >= 4 is 10.0 Å². The molecule has 9 heteroatoms.